The van der Waals surface area contributed by atoms with Gasteiger partial charge >= 0.3 is 5.97 Å². The SMILES string of the molecule is COCc1ccccc1C(=O)N1CCCCC1CC(=O)O. The van der Waals surface area contributed by atoms with Crippen molar-refractivity contribution in [1.82, 2.24) is 4.90 Å². The lowest BCUT2D eigenvalue weighted by Crippen LogP contribution is -2.45. The van der Waals surface area contributed by atoms with Crippen LogP contribution in [-0.4, -0.2) is 41.6 Å². The van der Waals surface area contributed by atoms with Crippen molar-refractivity contribution in [1.29, 1.82) is 0 Å². The van der Waals surface area contributed by atoms with E-state index in [1.165, 1.54) is 0 Å². The maximum atomic E-state index is 12.8. The van der Waals surface area contributed by atoms with E-state index in [2.05, 4.69) is 0 Å². The van der Waals surface area contributed by atoms with E-state index in [1.807, 2.05) is 18.2 Å². The minimum absolute atomic E-state index is 0.0121. The van der Waals surface area contributed by atoms with Crippen molar-refractivity contribution in [3.05, 3.63) is 35.4 Å². The molecule has 0 aliphatic carbocycles. The van der Waals surface area contributed by atoms with Gasteiger partial charge in [-0.1, -0.05) is 18.2 Å². The summed E-state index contributed by atoms with van der Waals surface area (Å²) in [5.74, 6) is -0.946. The number of piperidine rings is 1. The van der Waals surface area contributed by atoms with Gasteiger partial charge in [0.15, 0.2) is 0 Å². The van der Waals surface area contributed by atoms with E-state index in [0.29, 0.717) is 18.7 Å². The third-order valence-electron chi connectivity index (χ3n) is 3.85. The molecule has 1 aliphatic rings. The van der Waals surface area contributed by atoms with Crippen molar-refractivity contribution in [2.75, 3.05) is 13.7 Å². The fourth-order valence-corrected chi connectivity index (χ4v) is 2.85. The molecule has 0 saturated carbocycles. The topological polar surface area (TPSA) is 66.8 Å². The van der Waals surface area contributed by atoms with Gasteiger partial charge in [-0.15, -0.1) is 0 Å². The fourth-order valence-electron chi connectivity index (χ4n) is 2.85. The van der Waals surface area contributed by atoms with Crippen LogP contribution in [-0.2, 0) is 16.1 Å². The first-order chi connectivity index (χ1) is 10.1. The quantitative estimate of drug-likeness (QED) is 0.904. The largest absolute Gasteiger partial charge is 0.481 e. The molecule has 0 aromatic heterocycles. The van der Waals surface area contributed by atoms with Gasteiger partial charge in [0.1, 0.15) is 0 Å². The van der Waals surface area contributed by atoms with E-state index in [9.17, 15) is 9.59 Å². The Balaban J connectivity index is 2.22. The Labute approximate surface area is 124 Å². The highest BCUT2D eigenvalue weighted by Crippen LogP contribution is 2.23. The van der Waals surface area contributed by atoms with Crippen LogP contribution in [0.5, 0.6) is 0 Å². The van der Waals surface area contributed by atoms with Gasteiger partial charge in [-0.3, -0.25) is 9.59 Å². The van der Waals surface area contributed by atoms with E-state index < -0.39 is 5.97 Å². The number of benzene rings is 1. The lowest BCUT2D eigenvalue weighted by molar-refractivity contribution is -0.138. The lowest BCUT2D eigenvalue weighted by Gasteiger charge is -2.35. The van der Waals surface area contributed by atoms with Crippen molar-refractivity contribution in [2.45, 2.75) is 38.3 Å². The van der Waals surface area contributed by atoms with Crippen LogP contribution in [0.3, 0.4) is 0 Å². The molecule has 1 atom stereocenters. The Kier molecular flexibility index (Phi) is 5.33. The number of rotatable bonds is 5. The van der Waals surface area contributed by atoms with Gasteiger partial charge in [-0.2, -0.15) is 0 Å². The lowest BCUT2D eigenvalue weighted by atomic mass is 9.97. The van der Waals surface area contributed by atoms with E-state index >= 15 is 0 Å². The van der Waals surface area contributed by atoms with E-state index in [4.69, 9.17) is 9.84 Å². The molecule has 1 aliphatic heterocycles. The first kappa shape index (κ1) is 15.5. The Bertz CT molecular complexity index is 515. The number of nitrogens with zero attached hydrogens (tertiary/aromatic N) is 1. The molecule has 5 nitrogen and oxygen atoms in total. The average Bonchev–Trinajstić information content (AvgIpc) is 2.47. The summed E-state index contributed by atoms with van der Waals surface area (Å²) in [6, 6.07) is 7.13. The molecule has 21 heavy (non-hydrogen) atoms. The summed E-state index contributed by atoms with van der Waals surface area (Å²) in [5.41, 5.74) is 1.45. The summed E-state index contributed by atoms with van der Waals surface area (Å²) in [4.78, 5) is 25.5. The van der Waals surface area contributed by atoms with Crippen LogP contribution in [0.25, 0.3) is 0 Å². The molecule has 0 bridgehead atoms. The number of aliphatic carboxylic acids is 1. The number of carbonyl (C=O) groups is 2. The van der Waals surface area contributed by atoms with Crippen molar-refractivity contribution in [2.24, 2.45) is 0 Å². The maximum absolute atomic E-state index is 12.8. The smallest absolute Gasteiger partial charge is 0.305 e. The molecule has 114 valence electrons. The Morgan fingerprint density at radius 2 is 2.10 bits per heavy atom. The van der Waals surface area contributed by atoms with Gasteiger partial charge in [0, 0.05) is 25.3 Å². The van der Waals surface area contributed by atoms with Gasteiger partial charge in [-0.25, -0.2) is 0 Å². The van der Waals surface area contributed by atoms with Gasteiger partial charge in [-0.05, 0) is 30.9 Å². The zero-order valence-corrected chi connectivity index (χ0v) is 12.2. The molecule has 1 saturated heterocycles. The van der Waals surface area contributed by atoms with Gasteiger partial charge < -0.3 is 14.7 Å². The Hall–Kier alpha value is -1.88. The number of hydrogen-bond donors (Lipinski definition) is 1. The monoisotopic (exact) mass is 291 g/mol. The van der Waals surface area contributed by atoms with Gasteiger partial charge in [0.05, 0.1) is 13.0 Å². The zero-order chi connectivity index (χ0) is 15.2. The van der Waals surface area contributed by atoms with Crippen LogP contribution < -0.4 is 0 Å². The average molecular weight is 291 g/mol. The molecular weight excluding hydrogens is 270 g/mol. The second kappa shape index (κ2) is 7.22. The molecular formula is C16H21NO4. The van der Waals surface area contributed by atoms with Crippen molar-refractivity contribution < 1.29 is 19.4 Å². The summed E-state index contributed by atoms with van der Waals surface area (Å²) in [5, 5.41) is 9.02. The molecule has 5 heteroatoms. The third kappa shape index (κ3) is 3.82. The summed E-state index contributed by atoms with van der Waals surface area (Å²) in [6.45, 7) is 0.997. The third-order valence-corrected chi connectivity index (χ3v) is 3.85. The highest BCUT2D eigenvalue weighted by atomic mass is 16.5. The minimum Gasteiger partial charge on any atom is -0.481 e. The molecule has 1 fully saturated rings. The predicted molar refractivity (Wildman–Crippen MR) is 78.1 cm³/mol. The normalized spacial score (nSPS) is 18.5. The summed E-state index contributed by atoms with van der Waals surface area (Å²) in [6.07, 6.45) is 2.67. The first-order valence-electron chi connectivity index (χ1n) is 7.23. The number of amides is 1. The number of ether oxygens (including phenoxy) is 1. The van der Waals surface area contributed by atoms with Crippen LogP contribution in [0, 0.1) is 0 Å². The second-order valence-corrected chi connectivity index (χ2v) is 5.34. The van der Waals surface area contributed by atoms with E-state index in [-0.39, 0.29) is 18.4 Å². The summed E-state index contributed by atoms with van der Waals surface area (Å²) >= 11 is 0. The van der Waals surface area contributed by atoms with Crippen LogP contribution >= 0.6 is 0 Å². The van der Waals surface area contributed by atoms with Crippen LogP contribution in [0.1, 0.15) is 41.6 Å². The highest BCUT2D eigenvalue weighted by Gasteiger charge is 2.29. The molecule has 1 aromatic rings. The molecule has 1 amide bonds. The van der Waals surface area contributed by atoms with Crippen molar-refractivity contribution >= 4 is 11.9 Å². The van der Waals surface area contributed by atoms with Gasteiger partial charge in [0.2, 0.25) is 0 Å². The maximum Gasteiger partial charge on any atom is 0.305 e. The Morgan fingerprint density at radius 3 is 2.81 bits per heavy atom. The molecule has 0 radical (unpaired) electrons. The van der Waals surface area contributed by atoms with E-state index in [1.54, 1.807) is 18.1 Å². The van der Waals surface area contributed by atoms with Crippen LogP contribution in [0.15, 0.2) is 24.3 Å². The first-order valence-corrected chi connectivity index (χ1v) is 7.23. The summed E-state index contributed by atoms with van der Waals surface area (Å²) < 4.78 is 5.13. The van der Waals surface area contributed by atoms with Crippen molar-refractivity contribution in [3.8, 4) is 0 Å². The van der Waals surface area contributed by atoms with Crippen molar-refractivity contribution in [3.63, 3.8) is 0 Å². The van der Waals surface area contributed by atoms with Crippen LogP contribution in [0.2, 0.25) is 0 Å². The minimum atomic E-state index is -0.857. The predicted octanol–water partition coefficient (Wildman–Crippen LogP) is 2.30. The zero-order valence-electron chi connectivity index (χ0n) is 12.2. The fraction of sp³-hybridized carbons (Fsp3) is 0.500. The molecule has 1 aromatic carbocycles. The summed E-state index contributed by atoms with van der Waals surface area (Å²) in [7, 11) is 1.59. The molecule has 1 unspecified atom stereocenters. The number of carbonyl (C=O) groups excluding carboxylic acids is 1. The number of hydrogen-bond acceptors (Lipinski definition) is 3. The highest BCUT2D eigenvalue weighted by molar-refractivity contribution is 5.96. The molecule has 2 rings (SSSR count). The Morgan fingerprint density at radius 1 is 1.33 bits per heavy atom. The number of carboxylic acid groups (broad SMARTS) is 1. The number of methoxy groups -OCH3 is 1. The molecule has 1 N–H and O–H groups in total. The second-order valence-electron chi connectivity index (χ2n) is 5.34. The number of likely N-dealkylation sites (tertiary alicyclic amines) is 1. The molecule has 0 spiro atoms. The van der Waals surface area contributed by atoms with E-state index in [0.717, 1.165) is 24.8 Å². The standard InChI is InChI=1S/C16H21NO4/c1-21-11-12-6-2-3-8-14(12)16(20)17-9-5-4-7-13(17)10-15(18)19/h2-3,6,8,13H,4-5,7,9-11H2,1H3,(H,18,19). The van der Waals surface area contributed by atoms with Gasteiger partial charge in [0.25, 0.3) is 5.91 Å². The van der Waals surface area contributed by atoms with Crippen LogP contribution in [0.4, 0.5) is 0 Å². The molecule has 1 heterocycles. The number of carboxylic acids is 1.